The summed E-state index contributed by atoms with van der Waals surface area (Å²) in [4.78, 5) is 12.9. The number of aliphatic hydroxyl groups excluding tert-OH is 1. The Kier molecular flexibility index (Phi) is 4.04. The highest BCUT2D eigenvalue weighted by atomic mass is 16.6. The molecular weight excluding hydrogens is 248 g/mol. The molecule has 0 atom stereocenters. The summed E-state index contributed by atoms with van der Waals surface area (Å²) in [5.41, 5.74) is 0.593. The molecule has 1 aliphatic carbocycles. The Morgan fingerprint density at radius 1 is 1.58 bits per heavy atom. The van der Waals surface area contributed by atoms with Gasteiger partial charge in [-0.1, -0.05) is 6.92 Å². The van der Waals surface area contributed by atoms with Crippen LogP contribution < -0.4 is 4.90 Å². The lowest BCUT2D eigenvalue weighted by Crippen LogP contribution is -2.43. The smallest absolute Gasteiger partial charge is 0.334 e. The third kappa shape index (κ3) is 2.42. The topological polar surface area (TPSA) is 84.4 Å². The van der Waals surface area contributed by atoms with E-state index >= 15 is 0 Å². The van der Waals surface area contributed by atoms with Gasteiger partial charge in [0.1, 0.15) is 5.69 Å². The van der Waals surface area contributed by atoms with E-state index in [1.165, 1.54) is 0 Å². The van der Waals surface area contributed by atoms with Gasteiger partial charge in [0.25, 0.3) is 0 Å². The van der Waals surface area contributed by atoms with Crippen molar-refractivity contribution in [3.8, 4) is 0 Å². The molecule has 1 N–H and O–H groups in total. The highest BCUT2D eigenvalue weighted by Crippen LogP contribution is 2.36. The Labute approximate surface area is 112 Å². The molecule has 2 rings (SSSR count). The number of aliphatic hydroxyl groups is 1. The van der Waals surface area contributed by atoms with Crippen LogP contribution in [0.5, 0.6) is 0 Å². The highest BCUT2D eigenvalue weighted by molar-refractivity contribution is 5.62. The molecule has 0 saturated heterocycles. The Morgan fingerprint density at radius 2 is 2.26 bits per heavy atom. The van der Waals surface area contributed by atoms with E-state index in [2.05, 4.69) is 5.10 Å². The first-order valence-electron chi connectivity index (χ1n) is 6.67. The predicted octanol–water partition coefficient (Wildman–Crippen LogP) is 1.24. The summed E-state index contributed by atoms with van der Waals surface area (Å²) in [5.74, 6) is 0.528. The lowest BCUT2D eigenvalue weighted by molar-refractivity contribution is -0.384. The Morgan fingerprint density at radius 3 is 2.68 bits per heavy atom. The maximum atomic E-state index is 11.3. The standard InChI is InChI=1S/C12H20N4O3/c1-3-10-11(16(18)19)12(14(2)13-10)15(7-8-17)9-5-4-6-9/h9,17H,3-8H2,1-2H3. The summed E-state index contributed by atoms with van der Waals surface area (Å²) in [6.07, 6.45) is 3.70. The molecule has 19 heavy (non-hydrogen) atoms. The summed E-state index contributed by atoms with van der Waals surface area (Å²) in [6.45, 7) is 2.26. The van der Waals surface area contributed by atoms with Gasteiger partial charge in [0.15, 0.2) is 0 Å². The zero-order valence-corrected chi connectivity index (χ0v) is 11.4. The molecule has 0 amide bonds. The van der Waals surface area contributed by atoms with Crippen LogP contribution in [0.3, 0.4) is 0 Å². The van der Waals surface area contributed by atoms with Crippen molar-refractivity contribution in [1.29, 1.82) is 0 Å². The van der Waals surface area contributed by atoms with Crippen LogP contribution in [0.15, 0.2) is 0 Å². The molecule has 0 aromatic carbocycles. The summed E-state index contributed by atoms with van der Waals surface area (Å²) in [6, 6.07) is 0.283. The van der Waals surface area contributed by atoms with Crippen LogP contribution in [-0.4, -0.2) is 39.0 Å². The first-order valence-corrected chi connectivity index (χ1v) is 6.67. The van der Waals surface area contributed by atoms with Gasteiger partial charge in [0.05, 0.1) is 11.5 Å². The van der Waals surface area contributed by atoms with Gasteiger partial charge in [0, 0.05) is 19.6 Å². The first-order chi connectivity index (χ1) is 9.10. The number of hydrogen-bond donors (Lipinski definition) is 1. The van der Waals surface area contributed by atoms with Crippen molar-refractivity contribution in [2.75, 3.05) is 18.1 Å². The molecule has 1 heterocycles. The maximum Gasteiger partial charge on any atom is 0.334 e. The van der Waals surface area contributed by atoms with Crippen LogP contribution in [0.2, 0.25) is 0 Å². The number of hydrogen-bond acceptors (Lipinski definition) is 5. The number of anilines is 1. The number of nitro groups is 1. The second kappa shape index (κ2) is 5.56. The molecule has 1 aliphatic rings. The van der Waals surface area contributed by atoms with E-state index in [1.54, 1.807) is 11.7 Å². The molecular formula is C12H20N4O3. The van der Waals surface area contributed by atoms with Gasteiger partial charge in [-0.3, -0.25) is 10.1 Å². The quantitative estimate of drug-likeness (QED) is 0.620. The third-order valence-electron chi connectivity index (χ3n) is 3.71. The van der Waals surface area contributed by atoms with Crippen molar-refractivity contribution >= 4 is 11.5 Å². The average Bonchev–Trinajstić information content (AvgIpc) is 2.63. The van der Waals surface area contributed by atoms with Crippen molar-refractivity contribution in [3.63, 3.8) is 0 Å². The Bertz CT molecular complexity index is 468. The van der Waals surface area contributed by atoms with Gasteiger partial charge in [-0.05, 0) is 25.7 Å². The lowest BCUT2D eigenvalue weighted by Gasteiger charge is -2.37. The Balaban J connectivity index is 2.45. The van der Waals surface area contributed by atoms with Crippen molar-refractivity contribution in [3.05, 3.63) is 15.8 Å². The summed E-state index contributed by atoms with van der Waals surface area (Å²) in [5, 5.41) is 24.8. The second-order valence-corrected chi connectivity index (χ2v) is 4.85. The van der Waals surface area contributed by atoms with E-state index in [0.29, 0.717) is 24.5 Å². The molecule has 7 nitrogen and oxygen atoms in total. The van der Waals surface area contributed by atoms with Gasteiger partial charge in [-0.15, -0.1) is 0 Å². The van der Waals surface area contributed by atoms with E-state index in [9.17, 15) is 15.2 Å². The van der Waals surface area contributed by atoms with Crippen molar-refractivity contribution < 1.29 is 10.0 Å². The molecule has 0 bridgehead atoms. The monoisotopic (exact) mass is 268 g/mol. The van der Waals surface area contributed by atoms with Crippen LogP contribution in [0.25, 0.3) is 0 Å². The van der Waals surface area contributed by atoms with Crippen molar-refractivity contribution in [2.45, 2.75) is 38.6 Å². The van der Waals surface area contributed by atoms with E-state index in [4.69, 9.17) is 0 Å². The number of aromatic nitrogens is 2. The maximum absolute atomic E-state index is 11.3. The van der Waals surface area contributed by atoms with E-state index < -0.39 is 0 Å². The van der Waals surface area contributed by atoms with Gasteiger partial charge in [0.2, 0.25) is 5.82 Å². The van der Waals surface area contributed by atoms with Gasteiger partial charge in [-0.25, -0.2) is 4.68 Å². The molecule has 0 radical (unpaired) electrons. The molecule has 1 fully saturated rings. The average molecular weight is 268 g/mol. The third-order valence-corrected chi connectivity index (χ3v) is 3.71. The molecule has 1 aromatic heterocycles. The minimum atomic E-state index is -0.357. The fourth-order valence-corrected chi connectivity index (χ4v) is 2.57. The summed E-state index contributed by atoms with van der Waals surface area (Å²) < 4.78 is 1.57. The molecule has 0 unspecified atom stereocenters. The summed E-state index contributed by atoms with van der Waals surface area (Å²) >= 11 is 0. The van der Waals surface area contributed by atoms with E-state index in [-0.39, 0.29) is 23.3 Å². The second-order valence-electron chi connectivity index (χ2n) is 4.85. The fraction of sp³-hybridized carbons (Fsp3) is 0.750. The van der Waals surface area contributed by atoms with Crippen LogP contribution in [0.1, 0.15) is 31.9 Å². The predicted molar refractivity (Wildman–Crippen MR) is 71.3 cm³/mol. The van der Waals surface area contributed by atoms with Crippen LogP contribution in [-0.2, 0) is 13.5 Å². The number of aryl methyl sites for hydroxylation is 2. The van der Waals surface area contributed by atoms with Gasteiger partial charge < -0.3 is 10.0 Å². The SMILES string of the molecule is CCc1nn(C)c(N(CCO)C2CCC2)c1[N+](=O)[O-]. The van der Waals surface area contributed by atoms with E-state index in [0.717, 1.165) is 19.3 Å². The fourth-order valence-electron chi connectivity index (χ4n) is 2.57. The van der Waals surface area contributed by atoms with Crippen LogP contribution >= 0.6 is 0 Å². The number of rotatable bonds is 6. The van der Waals surface area contributed by atoms with Gasteiger partial charge in [-0.2, -0.15) is 5.10 Å². The molecule has 0 aliphatic heterocycles. The molecule has 0 spiro atoms. The molecule has 1 aromatic rings. The summed E-state index contributed by atoms with van der Waals surface area (Å²) in [7, 11) is 1.73. The normalized spacial score (nSPS) is 15.3. The highest BCUT2D eigenvalue weighted by Gasteiger charge is 2.34. The first kappa shape index (κ1) is 13.8. The van der Waals surface area contributed by atoms with Crippen LogP contribution in [0, 0.1) is 10.1 Å². The zero-order valence-electron chi connectivity index (χ0n) is 11.4. The molecule has 1 saturated carbocycles. The van der Waals surface area contributed by atoms with E-state index in [1.807, 2.05) is 11.8 Å². The minimum absolute atomic E-state index is 0.0136. The minimum Gasteiger partial charge on any atom is -0.395 e. The van der Waals surface area contributed by atoms with Crippen molar-refractivity contribution in [1.82, 2.24) is 9.78 Å². The van der Waals surface area contributed by atoms with Gasteiger partial charge >= 0.3 is 5.69 Å². The lowest BCUT2D eigenvalue weighted by atomic mass is 9.91. The van der Waals surface area contributed by atoms with Crippen molar-refractivity contribution in [2.24, 2.45) is 7.05 Å². The number of nitrogens with zero attached hydrogens (tertiary/aromatic N) is 4. The van der Waals surface area contributed by atoms with Crippen LogP contribution in [0.4, 0.5) is 11.5 Å². The molecule has 106 valence electrons. The molecule has 7 heteroatoms. The Hall–Kier alpha value is -1.63. The largest absolute Gasteiger partial charge is 0.395 e. The zero-order chi connectivity index (χ0) is 14.0.